The van der Waals surface area contributed by atoms with Gasteiger partial charge >= 0.3 is 0 Å². The lowest BCUT2D eigenvalue weighted by molar-refractivity contribution is 0.667. The van der Waals surface area contributed by atoms with E-state index in [2.05, 4.69) is 69.6 Å². The molecule has 9 nitrogen and oxygen atoms in total. The average Bonchev–Trinajstić information content (AvgIpc) is 3.48. The Morgan fingerprint density at radius 3 is 0.633 bits per heavy atom. The van der Waals surface area contributed by atoms with Gasteiger partial charge in [0.2, 0.25) is 22.5 Å². The first-order valence-electron chi connectivity index (χ1n) is 11.8. The zero-order valence-corrected chi connectivity index (χ0v) is 21.8. The van der Waals surface area contributed by atoms with Gasteiger partial charge in [-0.1, -0.05) is 0 Å². The second kappa shape index (κ2) is 5.92. The summed E-state index contributed by atoms with van der Waals surface area (Å²) >= 11 is 0. The molecule has 13 atom stereocenters. The third-order valence-electron chi connectivity index (χ3n) is 7.75. The maximum absolute atomic E-state index is 5.93. The van der Waals surface area contributed by atoms with Gasteiger partial charge in [-0.2, -0.15) is 13.5 Å². The maximum Gasteiger partial charge on any atom is 0.221 e. The normalized spacial score (nSPS) is 69.4. The molecule has 0 amide bonds. The average molecular weight is 471 g/mol. The van der Waals surface area contributed by atoms with Crippen LogP contribution in [0.1, 0.15) is 41.5 Å². The van der Waals surface area contributed by atoms with E-state index in [1.807, 2.05) is 0 Å². The lowest BCUT2D eigenvalue weighted by Crippen LogP contribution is -2.17. The summed E-state index contributed by atoms with van der Waals surface area (Å²) in [5.41, 5.74) is 0. The monoisotopic (exact) mass is 471 g/mol. The Morgan fingerprint density at radius 2 is 0.533 bits per heavy atom. The second-order valence-corrected chi connectivity index (χ2v) is 19.2. The first kappa shape index (κ1) is 19.9. The molecule has 0 aromatic rings. The van der Waals surface area contributed by atoms with Gasteiger partial charge in [0, 0.05) is 75.5 Å². The molecule has 0 spiro atoms. The van der Waals surface area contributed by atoms with Crippen LogP contribution in [0.2, 0.25) is 0 Å². The van der Waals surface area contributed by atoms with E-state index < -0.39 is 22.5 Å². The third kappa shape index (κ3) is 2.62. The van der Waals surface area contributed by atoms with E-state index in [0.717, 1.165) is 39.3 Å². The Kier molecular flexibility index (Phi) is 3.92. The fraction of sp³-hybridized carbons (Fsp3) is 1.00. The molecule has 7 heterocycles. The topological polar surface area (TPSA) is 55.1 Å². The molecule has 0 aliphatic carbocycles. The van der Waals surface area contributed by atoms with Gasteiger partial charge in [-0.25, -0.2) is 28.0 Å². The predicted molar refractivity (Wildman–Crippen MR) is 125 cm³/mol. The van der Waals surface area contributed by atoms with Gasteiger partial charge in [0.15, 0.2) is 0 Å². The van der Waals surface area contributed by atoms with Gasteiger partial charge in [-0.05, 0) is 41.5 Å². The summed E-state index contributed by atoms with van der Waals surface area (Å²) in [6.45, 7) is 21.1. The number of hydrogen-bond donors (Lipinski definition) is 0. The zero-order chi connectivity index (χ0) is 20.8. The van der Waals surface area contributed by atoms with Crippen molar-refractivity contribution in [2.75, 3.05) is 39.3 Å². The highest BCUT2D eigenvalue weighted by molar-refractivity contribution is 7.83. The molecule has 0 saturated carbocycles. The Bertz CT molecular complexity index is 795. The van der Waals surface area contributed by atoms with Crippen molar-refractivity contribution in [2.24, 2.45) is 13.5 Å². The van der Waals surface area contributed by atoms with Gasteiger partial charge in [-0.15, -0.1) is 0 Å². The summed E-state index contributed by atoms with van der Waals surface area (Å²) in [6.07, 6.45) is 0. The zero-order valence-electron chi connectivity index (χ0n) is 19.1. The highest BCUT2D eigenvalue weighted by atomic mass is 31.3. The summed E-state index contributed by atoms with van der Waals surface area (Å²) in [6, 6.07) is 3.65. The van der Waals surface area contributed by atoms with E-state index in [0.29, 0.717) is 36.3 Å². The van der Waals surface area contributed by atoms with Crippen LogP contribution in [0.25, 0.3) is 0 Å². The van der Waals surface area contributed by atoms with Crippen molar-refractivity contribution >= 4 is 22.5 Å². The van der Waals surface area contributed by atoms with Crippen molar-refractivity contribution in [1.82, 2.24) is 28.0 Å². The van der Waals surface area contributed by atoms with Crippen molar-refractivity contribution in [3.8, 4) is 0 Å². The molecule has 12 heteroatoms. The lowest BCUT2D eigenvalue weighted by Gasteiger charge is -2.40. The highest BCUT2D eigenvalue weighted by Gasteiger charge is 2.66. The van der Waals surface area contributed by atoms with Crippen molar-refractivity contribution < 1.29 is 0 Å². The van der Waals surface area contributed by atoms with Crippen molar-refractivity contribution in [3.05, 3.63) is 0 Å². The molecule has 0 aromatic heterocycles. The third-order valence-corrected chi connectivity index (χ3v) is 21.0. The van der Waals surface area contributed by atoms with Crippen molar-refractivity contribution in [1.29, 1.82) is 0 Å². The molecular weight excluding hydrogens is 435 g/mol. The largest absolute Gasteiger partial charge is 0.234 e. The van der Waals surface area contributed by atoms with Crippen LogP contribution in [0.3, 0.4) is 0 Å². The molecule has 168 valence electrons. The Labute approximate surface area is 181 Å². The van der Waals surface area contributed by atoms with Crippen LogP contribution < -0.4 is 0 Å². The van der Waals surface area contributed by atoms with Gasteiger partial charge < -0.3 is 0 Å². The number of hydrogen-bond acceptors (Lipinski definition) is 9. The molecule has 0 aromatic carbocycles. The van der Waals surface area contributed by atoms with E-state index in [1.54, 1.807) is 0 Å². The quantitative estimate of drug-likeness (QED) is 0.430. The second-order valence-electron chi connectivity index (χ2n) is 10.7. The highest BCUT2D eigenvalue weighted by Crippen LogP contribution is 2.89. The van der Waals surface area contributed by atoms with Gasteiger partial charge in [-0.3, -0.25) is 0 Å². The molecule has 6 saturated heterocycles. The van der Waals surface area contributed by atoms with E-state index in [4.69, 9.17) is 13.5 Å². The summed E-state index contributed by atoms with van der Waals surface area (Å²) in [5.74, 6) is 0. The van der Waals surface area contributed by atoms with Crippen molar-refractivity contribution in [3.63, 3.8) is 0 Å². The Balaban J connectivity index is 1.53. The van der Waals surface area contributed by atoms with Crippen LogP contribution in [-0.4, -0.2) is 104 Å². The summed E-state index contributed by atoms with van der Waals surface area (Å²) < 4.78 is 33.9. The van der Waals surface area contributed by atoms with E-state index in [1.165, 1.54) is 0 Å². The summed E-state index contributed by atoms with van der Waals surface area (Å²) in [4.78, 5) is 0. The van der Waals surface area contributed by atoms with Crippen LogP contribution in [0.15, 0.2) is 13.5 Å². The summed E-state index contributed by atoms with van der Waals surface area (Å²) in [5, 5.41) is 0. The first-order chi connectivity index (χ1) is 14.2. The molecule has 7 aliphatic rings. The Morgan fingerprint density at radius 1 is 0.400 bits per heavy atom. The van der Waals surface area contributed by atoms with Crippen LogP contribution >= 0.6 is 22.5 Å². The minimum absolute atomic E-state index is 0.608. The molecular formula is C18H36N9P3. The first-order valence-corrected chi connectivity index (χ1v) is 16.6. The predicted octanol–water partition coefficient (Wildman–Crippen LogP) is 4.06. The molecule has 7 aliphatic heterocycles. The summed E-state index contributed by atoms with van der Waals surface area (Å²) in [7, 11) is -6.22. The molecule has 0 bridgehead atoms. The van der Waals surface area contributed by atoms with Crippen LogP contribution in [-0.2, 0) is 0 Å². The van der Waals surface area contributed by atoms with E-state index in [-0.39, 0.29) is 0 Å². The fourth-order valence-electron chi connectivity index (χ4n) is 5.18. The van der Waals surface area contributed by atoms with Gasteiger partial charge in [0.25, 0.3) is 0 Å². The van der Waals surface area contributed by atoms with Crippen LogP contribution in [0, 0.1) is 0 Å². The fourth-order valence-corrected chi connectivity index (χ4v) is 22.2. The molecule has 0 radical (unpaired) electrons. The number of rotatable bonds is 6. The lowest BCUT2D eigenvalue weighted by atomic mass is 10.6. The standard InChI is InChI=1S/C18H36N9P3/c1-13-7-22(13)28(23-8-14(23)2)19-29(24-9-15(24)3,25-10-16(25)4)21-30(20-28,26-11-17(26)5)27-12-18(27)6/h13-18H,7-12H2,1-6H3/t13-,14-,15-,16-,17-,18+,22?,23?,24?,25?,26?,27?,28?,29?,30?/m0/s1. The minimum atomic E-state index is -2.07. The van der Waals surface area contributed by atoms with Gasteiger partial charge in [0.05, 0.1) is 0 Å². The van der Waals surface area contributed by atoms with E-state index in [9.17, 15) is 0 Å². The van der Waals surface area contributed by atoms with Crippen LogP contribution in [0.4, 0.5) is 0 Å². The molecule has 7 rings (SSSR count). The minimum Gasteiger partial charge on any atom is -0.234 e. The van der Waals surface area contributed by atoms with E-state index >= 15 is 0 Å². The SMILES string of the molecule is C[C@@H]1CN1P1(N2C[C@@H]2C)=NP(N2C[C@@H]2C)(N2C[C@@H]2C)=NP(N2C[C@@H]2C)(N2C[C@@H]2C)=N1. The van der Waals surface area contributed by atoms with Crippen LogP contribution in [0.5, 0.6) is 0 Å². The Hall–Kier alpha value is 0.450. The smallest absolute Gasteiger partial charge is 0.221 e. The molecule has 7 unspecified atom stereocenters. The molecule has 0 N–H and O–H groups in total. The maximum atomic E-state index is 5.93. The van der Waals surface area contributed by atoms with Crippen molar-refractivity contribution in [2.45, 2.75) is 77.8 Å². The number of nitrogens with zero attached hydrogens (tertiary/aromatic N) is 9. The molecule has 6 fully saturated rings. The van der Waals surface area contributed by atoms with Gasteiger partial charge in [0.1, 0.15) is 0 Å². The molecule has 30 heavy (non-hydrogen) atoms.